The number of amidine groups is 1. The molecule has 0 saturated carbocycles. The van der Waals surface area contributed by atoms with Crippen molar-refractivity contribution in [2.24, 2.45) is 10.9 Å². The van der Waals surface area contributed by atoms with Crippen molar-refractivity contribution in [3.8, 4) is 5.75 Å². The zero-order valence-electron chi connectivity index (χ0n) is 10.9. The molecule has 0 bridgehead atoms. The molecule has 1 rings (SSSR count). The van der Waals surface area contributed by atoms with E-state index in [4.69, 9.17) is 15.7 Å². The minimum absolute atomic E-state index is 0.0641. The zero-order chi connectivity index (χ0) is 14.3. The van der Waals surface area contributed by atoms with Gasteiger partial charge < -0.3 is 26.3 Å². The van der Waals surface area contributed by atoms with E-state index in [1.807, 2.05) is 0 Å². The average molecular weight is 266 g/mol. The Hall–Kier alpha value is -2.44. The molecule has 1 atom stereocenters. The first-order valence-electron chi connectivity index (χ1n) is 5.73. The first kappa shape index (κ1) is 14.6. The molecule has 1 aromatic carbocycles. The molecule has 7 nitrogen and oxygen atoms in total. The molecule has 0 heterocycles. The topological polar surface area (TPSA) is 109 Å². The Labute approximate surface area is 111 Å². The number of benzene rings is 1. The number of nitrogens with zero attached hydrogens (tertiary/aromatic N) is 1. The summed E-state index contributed by atoms with van der Waals surface area (Å²) in [6.45, 7) is 1.75. The number of rotatable bonds is 5. The molecule has 1 unspecified atom stereocenters. The van der Waals surface area contributed by atoms with Crippen LogP contribution in [-0.4, -0.2) is 30.2 Å². The number of urea groups is 1. The number of carbonyl (C=O) groups is 1. The molecule has 19 heavy (non-hydrogen) atoms. The lowest BCUT2D eigenvalue weighted by Gasteiger charge is -2.14. The molecule has 1 aromatic rings. The van der Waals surface area contributed by atoms with E-state index >= 15 is 0 Å². The molecule has 0 radical (unpaired) electrons. The normalized spacial score (nSPS) is 12.6. The lowest BCUT2D eigenvalue weighted by Crippen LogP contribution is -2.38. The molecule has 0 aliphatic rings. The molecular weight excluding hydrogens is 248 g/mol. The second-order valence-corrected chi connectivity index (χ2v) is 4.03. The van der Waals surface area contributed by atoms with Crippen LogP contribution in [0.3, 0.4) is 0 Å². The van der Waals surface area contributed by atoms with E-state index in [1.165, 1.54) is 0 Å². The highest BCUT2D eigenvalue weighted by molar-refractivity contribution is 5.90. The smallest absolute Gasteiger partial charge is 0.319 e. The third-order valence-electron chi connectivity index (χ3n) is 2.35. The van der Waals surface area contributed by atoms with Crippen LogP contribution < -0.4 is 21.1 Å². The number of anilines is 1. The number of oxime groups is 1. The van der Waals surface area contributed by atoms with Crippen LogP contribution in [0.1, 0.15) is 13.3 Å². The second-order valence-electron chi connectivity index (χ2n) is 4.03. The van der Waals surface area contributed by atoms with Crippen LogP contribution in [0.2, 0.25) is 0 Å². The van der Waals surface area contributed by atoms with Gasteiger partial charge in [0.15, 0.2) is 0 Å². The van der Waals surface area contributed by atoms with E-state index < -0.39 is 0 Å². The maximum absolute atomic E-state index is 11.7. The van der Waals surface area contributed by atoms with Crippen LogP contribution >= 0.6 is 0 Å². The summed E-state index contributed by atoms with van der Waals surface area (Å²) in [4.78, 5) is 11.7. The van der Waals surface area contributed by atoms with E-state index in [0.717, 1.165) is 0 Å². The molecule has 7 heteroatoms. The van der Waals surface area contributed by atoms with E-state index in [0.29, 0.717) is 11.4 Å². The monoisotopic (exact) mass is 266 g/mol. The molecule has 104 valence electrons. The predicted molar refractivity (Wildman–Crippen MR) is 72.6 cm³/mol. The van der Waals surface area contributed by atoms with Crippen LogP contribution in [0.25, 0.3) is 0 Å². The van der Waals surface area contributed by atoms with E-state index in [9.17, 15) is 4.79 Å². The first-order valence-corrected chi connectivity index (χ1v) is 5.73. The molecule has 0 fully saturated rings. The Bertz CT molecular complexity index is 462. The summed E-state index contributed by atoms with van der Waals surface area (Å²) in [5.74, 6) is 0.719. The Balaban J connectivity index is 2.50. The summed E-state index contributed by atoms with van der Waals surface area (Å²) < 4.78 is 5.05. The molecule has 0 aliphatic heterocycles. The van der Waals surface area contributed by atoms with Crippen molar-refractivity contribution in [3.63, 3.8) is 0 Å². The largest absolute Gasteiger partial charge is 0.497 e. The third-order valence-corrected chi connectivity index (χ3v) is 2.35. The first-order chi connectivity index (χ1) is 9.05. The molecule has 0 aromatic heterocycles. The Kier molecular flexibility index (Phi) is 5.46. The number of hydrogen-bond donors (Lipinski definition) is 4. The van der Waals surface area contributed by atoms with Crippen molar-refractivity contribution in [1.82, 2.24) is 5.32 Å². The number of carbonyl (C=O) groups excluding carboxylic acids is 1. The summed E-state index contributed by atoms with van der Waals surface area (Å²) in [6, 6.07) is 6.38. The Morgan fingerprint density at radius 1 is 1.58 bits per heavy atom. The number of methoxy groups -OCH3 is 1. The SMILES string of the molecule is COc1cccc(NC(=O)NC(C)CC(N)=NO)c1. The van der Waals surface area contributed by atoms with Gasteiger partial charge in [0, 0.05) is 24.2 Å². The van der Waals surface area contributed by atoms with E-state index in [2.05, 4.69) is 15.8 Å². The zero-order valence-corrected chi connectivity index (χ0v) is 10.9. The van der Waals surface area contributed by atoms with Gasteiger partial charge in [-0.1, -0.05) is 11.2 Å². The number of nitrogens with one attached hydrogen (secondary N) is 2. The molecule has 0 spiro atoms. The summed E-state index contributed by atoms with van der Waals surface area (Å²) in [6.07, 6.45) is 0.266. The van der Waals surface area contributed by atoms with Gasteiger partial charge in [0.1, 0.15) is 11.6 Å². The third kappa shape index (κ3) is 5.15. The summed E-state index contributed by atoms with van der Waals surface area (Å²) in [7, 11) is 1.55. The fourth-order valence-corrected chi connectivity index (χ4v) is 1.50. The molecule has 2 amide bonds. The molecule has 0 saturated heterocycles. The van der Waals surface area contributed by atoms with Crippen LogP contribution in [0.15, 0.2) is 29.4 Å². The maximum Gasteiger partial charge on any atom is 0.319 e. The fourth-order valence-electron chi connectivity index (χ4n) is 1.50. The predicted octanol–water partition coefficient (Wildman–Crippen LogP) is 1.34. The quantitative estimate of drug-likeness (QED) is 0.279. The van der Waals surface area contributed by atoms with E-state index in [1.54, 1.807) is 38.3 Å². The lowest BCUT2D eigenvalue weighted by atomic mass is 10.2. The van der Waals surface area contributed by atoms with Crippen molar-refractivity contribution in [2.75, 3.05) is 12.4 Å². The minimum Gasteiger partial charge on any atom is -0.497 e. The standard InChI is InChI=1S/C12H18N4O3/c1-8(6-11(13)16-18)14-12(17)15-9-4-3-5-10(7-9)19-2/h3-5,7-8,18H,6H2,1-2H3,(H2,13,16)(H2,14,15,17). The van der Waals surface area contributed by atoms with Crippen LogP contribution in [-0.2, 0) is 0 Å². The van der Waals surface area contributed by atoms with Crippen LogP contribution in [0.5, 0.6) is 5.75 Å². The van der Waals surface area contributed by atoms with E-state index in [-0.39, 0.29) is 24.3 Å². The number of nitrogens with two attached hydrogens (primary N) is 1. The molecular formula is C12H18N4O3. The van der Waals surface area contributed by atoms with Crippen molar-refractivity contribution >= 4 is 17.6 Å². The van der Waals surface area contributed by atoms with Gasteiger partial charge in [-0.3, -0.25) is 0 Å². The number of hydrogen-bond acceptors (Lipinski definition) is 4. The van der Waals surface area contributed by atoms with Gasteiger partial charge in [-0.2, -0.15) is 0 Å². The summed E-state index contributed by atoms with van der Waals surface area (Å²) in [5.41, 5.74) is 5.97. The second kappa shape index (κ2) is 7.10. The van der Waals surface area contributed by atoms with Gasteiger partial charge in [-0.25, -0.2) is 4.79 Å². The average Bonchev–Trinajstić information content (AvgIpc) is 2.38. The Morgan fingerprint density at radius 3 is 2.95 bits per heavy atom. The highest BCUT2D eigenvalue weighted by Gasteiger charge is 2.09. The van der Waals surface area contributed by atoms with Gasteiger partial charge >= 0.3 is 6.03 Å². The van der Waals surface area contributed by atoms with Crippen molar-refractivity contribution in [3.05, 3.63) is 24.3 Å². The number of ether oxygens (including phenoxy) is 1. The minimum atomic E-state index is -0.369. The fraction of sp³-hybridized carbons (Fsp3) is 0.333. The van der Waals surface area contributed by atoms with Gasteiger partial charge in [-0.15, -0.1) is 0 Å². The van der Waals surface area contributed by atoms with Crippen molar-refractivity contribution < 1.29 is 14.7 Å². The highest BCUT2D eigenvalue weighted by Crippen LogP contribution is 2.16. The molecule has 0 aliphatic carbocycles. The summed E-state index contributed by atoms with van der Waals surface area (Å²) in [5, 5.41) is 16.6. The van der Waals surface area contributed by atoms with Crippen LogP contribution in [0.4, 0.5) is 10.5 Å². The highest BCUT2D eigenvalue weighted by atomic mass is 16.5. The maximum atomic E-state index is 11.7. The lowest BCUT2D eigenvalue weighted by molar-refractivity contribution is 0.249. The summed E-state index contributed by atoms with van der Waals surface area (Å²) >= 11 is 0. The van der Waals surface area contributed by atoms with Crippen molar-refractivity contribution in [2.45, 2.75) is 19.4 Å². The van der Waals surface area contributed by atoms with Gasteiger partial charge in [0.05, 0.1) is 7.11 Å². The van der Waals surface area contributed by atoms with Gasteiger partial charge in [0.25, 0.3) is 0 Å². The Morgan fingerprint density at radius 2 is 2.32 bits per heavy atom. The number of amides is 2. The van der Waals surface area contributed by atoms with Gasteiger partial charge in [-0.05, 0) is 19.1 Å². The van der Waals surface area contributed by atoms with Gasteiger partial charge in [0.2, 0.25) is 0 Å². The van der Waals surface area contributed by atoms with Crippen molar-refractivity contribution in [1.29, 1.82) is 0 Å². The van der Waals surface area contributed by atoms with Crippen LogP contribution in [0, 0.1) is 0 Å². The molecule has 5 N–H and O–H groups in total.